The average Bonchev–Trinajstić information content (AvgIpc) is 2.58. The van der Waals surface area contributed by atoms with Crippen LogP contribution >= 0.6 is 15.9 Å². The predicted molar refractivity (Wildman–Crippen MR) is 104 cm³/mol. The highest BCUT2D eigenvalue weighted by atomic mass is 79.9. The van der Waals surface area contributed by atoms with Crippen molar-refractivity contribution in [2.45, 2.75) is 0 Å². The van der Waals surface area contributed by atoms with E-state index in [1.165, 1.54) is 43.1 Å². The van der Waals surface area contributed by atoms with Crippen LogP contribution in [0.2, 0.25) is 0 Å². The molecule has 0 spiro atoms. The van der Waals surface area contributed by atoms with Crippen molar-refractivity contribution >= 4 is 59.0 Å². The summed E-state index contributed by atoms with van der Waals surface area (Å²) in [5.41, 5.74) is 0. The highest BCUT2D eigenvalue weighted by Gasteiger charge is 2.05. The average molecular weight is 357 g/mol. The SMILES string of the molecule is Brc1ccc2cc3c(ccc4cc5ccccc5cc43)cc2c1. The van der Waals surface area contributed by atoms with Gasteiger partial charge in [0.2, 0.25) is 0 Å². The normalized spacial score (nSPS) is 11.7. The van der Waals surface area contributed by atoms with E-state index in [0.717, 1.165) is 4.47 Å². The Balaban J connectivity index is 1.97. The van der Waals surface area contributed by atoms with Crippen LogP contribution in [0.5, 0.6) is 0 Å². The summed E-state index contributed by atoms with van der Waals surface area (Å²) in [4.78, 5) is 0. The molecule has 0 atom stereocenters. The van der Waals surface area contributed by atoms with Gasteiger partial charge in [0, 0.05) is 4.47 Å². The Kier molecular flexibility index (Phi) is 2.74. The molecule has 0 radical (unpaired) electrons. The second kappa shape index (κ2) is 4.81. The highest BCUT2D eigenvalue weighted by Crippen LogP contribution is 2.32. The minimum atomic E-state index is 1.12. The quantitative estimate of drug-likeness (QED) is 0.206. The third kappa shape index (κ3) is 2.04. The minimum absolute atomic E-state index is 1.12. The molecule has 0 aliphatic rings. The van der Waals surface area contributed by atoms with E-state index in [4.69, 9.17) is 0 Å². The molecule has 0 aliphatic carbocycles. The lowest BCUT2D eigenvalue weighted by atomic mass is 9.96. The topological polar surface area (TPSA) is 0 Å². The number of halogens is 1. The number of hydrogen-bond acceptors (Lipinski definition) is 0. The van der Waals surface area contributed by atoms with E-state index in [9.17, 15) is 0 Å². The summed E-state index contributed by atoms with van der Waals surface area (Å²) in [6.07, 6.45) is 0. The Labute approximate surface area is 142 Å². The van der Waals surface area contributed by atoms with Crippen LogP contribution in [0.4, 0.5) is 0 Å². The van der Waals surface area contributed by atoms with Crippen molar-refractivity contribution in [2.75, 3.05) is 0 Å². The van der Waals surface area contributed by atoms with E-state index in [1.54, 1.807) is 0 Å². The molecule has 23 heavy (non-hydrogen) atoms. The summed E-state index contributed by atoms with van der Waals surface area (Å²) >= 11 is 3.56. The molecule has 0 aliphatic heterocycles. The predicted octanol–water partition coefficient (Wildman–Crippen LogP) is 7.06. The molecule has 0 bridgehead atoms. The van der Waals surface area contributed by atoms with Crippen LogP contribution in [-0.4, -0.2) is 0 Å². The Bertz CT molecular complexity index is 1220. The maximum Gasteiger partial charge on any atom is 0.0181 e. The Morgan fingerprint density at radius 3 is 1.65 bits per heavy atom. The second-order valence-corrected chi connectivity index (χ2v) is 6.97. The van der Waals surface area contributed by atoms with Crippen LogP contribution < -0.4 is 0 Å². The van der Waals surface area contributed by atoms with Crippen LogP contribution in [-0.2, 0) is 0 Å². The minimum Gasteiger partial charge on any atom is -0.0616 e. The van der Waals surface area contributed by atoms with Gasteiger partial charge in [0.15, 0.2) is 0 Å². The van der Waals surface area contributed by atoms with Crippen molar-refractivity contribution in [3.05, 3.63) is 83.3 Å². The zero-order valence-corrected chi connectivity index (χ0v) is 14.0. The molecule has 0 heterocycles. The Hall–Kier alpha value is -2.38. The van der Waals surface area contributed by atoms with Gasteiger partial charge in [-0.3, -0.25) is 0 Å². The second-order valence-electron chi connectivity index (χ2n) is 6.05. The number of benzene rings is 5. The van der Waals surface area contributed by atoms with Gasteiger partial charge in [0.05, 0.1) is 0 Å². The molecule has 0 saturated heterocycles. The summed E-state index contributed by atoms with van der Waals surface area (Å²) < 4.78 is 1.12. The van der Waals surface area contributed by atoms with Crippen molar-refractivity contribution < 1.29 is 0 Å². The van der Waals surface area contributed by atoms with E-state index in [-0.39, 0.29) is 0 Å². The molecule has 5 aromatic carbocycles. The first-order chi connectivity index (χ1) is 11.3. The van der Waals surface area contributed by atoms with Gasteiger partial charge in [-0.2, -0.15) is 0 Å². The molecule has 0 fully saturated rings. The molecule has 0 unspecified atom stereocenters. The molecule has 0 aromatic heterocycles. The van der Waals surface area contributed by atoms with E-state index in [0.29, 0.717) is 0 Å². The van der Waals surface area contributed by atoms with Gasteiger partial charge >= 0.3 is 0 Å². The van der Waals surface area contributed by atoms with Gasteiger partial charge in [-0.15, -0.1) is 0 Å². The van der Waals surface area contributed by atoms with Crippen molar-refractivity contribution in [3.8, 4) is 0 Å². The van der Waals surface area contributed by atoms with Gasteiger partial charge in [-0.05, 0) is 79.5 Å². The number of rotatable bonds is 0. The van der Waals surface area contributed by atoms with Gasteiger partial charge < -0.3 is 0 Å². The van der Waals surface area contributed by atoms with Crippen molar-refractivity contribution in [1.82, 2.24) is 0 Å². The molecule has 108 valence electrons. The molecule has 0 nitrogen and oxygen atoms in total. The fourth-order valence-electron chi connectivity index (χ4n) is 3.47. The van der Waals surface area contributed by atoms with E-state index < -0.39 is 0 Å². The first-order valence-corrected chi connectivity index (χ1v) is 8.52. The maximum atomic E-state index is 3.56. The largest absolute Gasteiger partial charge is 0.0616 e. The van der Waals surface area contributed by atoms with Crippen LogP contribution in [0.15, 0.2) is 83.3 Å². The third-order valence-electron chi connectivity index (χ3n) is 4.62. The summed E-state index contributed by atoms with van der Waals surface area (Å²) in [5.74, 6) is 0. The van der Waals surface area contributed by atoms with Gasteiger partial charge in [0.1, 0.15) is 0 Å². The molecule has 0 amide bonds. The Morgan fingerprint density at radius 2 is 0.957 bits per heavy atom. The fraction of sp³-hybridized carbons (Fsp3) is 0. The highest BCUT2D eigenvalue weighted by molar-refractivity contribution is 9.10. The lowest BCUT2D eigenvalue weighted by Crippen LogP contribution is -1.81. The number of fused-ring (bicyclic) bond motifs is 5. The van der Waals surface area contributed by atoms with Crippen molar-refractivity contribution in [2.24, 2.45) is 0 Å². The molecular formula is C22H13Br. The van der Waals surface area contributed by atoms with Gasteiger partial charge in [-0.25, -0.2) is 0 Å². The summed E-state index contributed by atoms with van der Waals surface area (Å²) in [5, 5.41) is 10.4. The first kappa shape index (κ1) is 13.1. The van der Waals surface area contributed by atoms with Crippen LogP contribution in [0, 0.1) is 0 Å². The summed E-state index contributed by atoms with van der Waals surface area (Å²) in [7, 11) is 0. The molecule has 5 rings (SSSR count). The van der Waals surface area contributed by atoms with Crippen LogP contribution in [0.1, 0.15) is 0 Å². The van der Waals surface area contributed by atoms with Crippen molar-refractivity contribution in [3.63, 3.8) is 0 Å². The van der Waals surface area contributed by atoms with Crippen molar-refractivity contribution in [1.29, 1.82) is 0 Å². The molecule has 1 heteroatoms. The lowest BCUT2D eigenvalue weighted by Gasteiger charge is -2.08. The number of hydrogen-bond donors (Lipinski definition) is 0. The summed E-state index contributed by atoms with van der Waals surface area (Å²) in [6, 6.07) is 28.7. The Morgan fingerprint density at radius 1 is 0.435 bits per heavy atom. The van der Waals surface area contributed by atoms with Gasteiger partial charge in [-0.1, -0.05) is 58.4 Å². The maximum absolute atomic E-state index is 3.56. The van der Waals surface area contributed by atoms with Crippen LogP contribution in [0.25, 0.3) is 43.1 Å². The smallest absolute Gasteiger partial charge is 0.0181 e. The fourth-order valence-corrected chi connectivity index (χ4v) is 3.84. The molecular weight excluding hydrogens is 344 g/mol. The zero-order chi connectivity index (χ0) is 15.4. The monoisotopic (exact) mass is 356 g/mol. The van der Waals surface area contributed by atoms with Crippen LogP contribution in [0.3, 0.4) is 0 Å². The zero-order valence-electron chi connectivity index (χ0n) is 12.4. The standard InChI is InChI=1S/C22H13Br/c23-20-8-7-16-13-22-18(10-19(16)11-20)6-5-17-9-14-3-1-2-4-15(14)12-21(17)22/h1-13H. The lowest BCUT2D eigenvalue weighted by molar-refractivity contribution is 1.73. The third-order valence-corrected chi connectivity index (χ3v) is 5.11. The molecule has 0 N–H and O–H groups in total. The summed E-state index contributed by atoms with van der Waals surface area (Å²) in [6.45, 7) is 0. The van der Waals surface area contributed by atoms with E-state index in [2.05, 4.69) is 94.8 Å². The van der Waals surface area contributed by atoms with E-state index in [1.807, 2.05) is 0 Å². The van der Waals surface area contributed by atoms with Gasteiger partial charge in [0.25, 0.3) is 0 Å². The molecule has 5 aromatic rings. The first-order valence-electron chi connectivity index (χ1n) is 7.72. The van der Waals surface area contributed by atoms with E-state index >= 15 is 0 Å². The molecule has 0 saturated carbocycles.